The molecule has 1 atom stereocenters. The van der Waals surface area contributed by atoms with E-state index in [2.05, 4.69) is 14.7 Å². The molecule has 1 aliphatic heterocycles. The molecule has 0 radical (unpaired) electrons. The Morgan fingerprint density at radius 1 is 1.24 bits per heavy atom. The van der Waals surface area contributed by atoms with Crippen molar-refractivity contribution in [3.63, 3.8) is 0 Å². The maximum Gasteiger partial charge on any atom is 0.573 e. The number of halogens is 3. The van der Waals surface area contributed by atoms with Crippen LogP contribution in [-0.4, -0.2) is 53.4 Å². The van der Waals surface area contributed by atoms with Crippen molar-refractivity contribution in [2.45, 2.75) is 55.8 Å². The van der Waals surface area contributed by atoms with Gasteiger partial charge in [-0.25, -0.2) is 13.2 Å². The molecule has 2 aromatic heterocycles. The molecule has 1 fully saturated rings. The van der Waals surface area contributed by atoms with Crippen LogP contribution in [0.25, 0.3) is 11.2 Å². The highest BCUT2D eigenvalue weighted by molar-refractivity contribution is 7.90. The zero-order valence-electron chi connectivity index (χ0n) is 19.8. The molecular weight excluding hydrogens is 521 g/mol. The number of aromatic amines is 1. The molecule has 3 aromatic rings. The topological polar surface area (TPSA) is 135 Å². The van der Waals surface area contributed by atoms with Crippen molar-refractivity contribution < 1.29 is 35.8 Å². The monoisotopic (exact) mass is 546 g/mol. The van der Waals surface area contributed by atoms with Crippen molar-refractivity contribution in [3.05, 3.63) is 50.7 Å². The van der Waals surface area contributed by atoms with Gasteiger partial charge in [-0.05, 0) is 43.4 Å². The molecule has 0 saturated carbocycles. The van der Waals surface area contributed by atoms with E-state index < -0.39 is 44.1 Å². The zero-order chi connectivity index (χ0) is 26.8. The van der Waals surface area contributed by atoms with Crippen molar-refractivity contribution >= 4 is 21.0 Å². The summed E-state index contributed by atoms with van der Waals surface area (Å²) >= 11 is 0. The summed E-state index contributed by atoms with van der Waals surface area (Å²) in [5.41, 5.74) is -1.77. The number of hydrogen-bond donors (Lipinski definition) is 1. The summed E-state index contributed by atoms with van der Waals surface area (Å²) in [7, 11) is -2.88. The Hall–Kier alpha value is -3.17. The summed E-state index contributed by atoms with van der Waals surface area (Å²) in [6.45, 7) is 0.915. The lowest BCUT2D eigenvalue weighted by molar-refractivity contribution is -0.274. The molecule has 1 unspecified atom stereocenters. The van der Waals surface area contributed by atoms with Crippen LogP contribution in [0.3, 0.4) is 0 Å². The van der Waals surface area contributed by atoms with E-state index in [0.29, 0.717) is 13.0 Å². The molecule has 4 rings (SSSR count). The smallest absolute Gasteiger partial charge is 0.406 e. The summed E-state index contributed by atoms with van der Waals surface area (Å²) in [5.74, 6) is -1.29. The molecule has 0 amide bonds. The molecule has 1 aliphatic rings. The molecule has 37 heavy (non-hydrogen) atoms. The van der Waals surface area contributed by atoms with E-state index in [1.165, 1.54) is 19.2 Å². The zero-order valence-corrected chi connectivity index (χ0v) is 20.6. The number of benzene rings is 1. The molecule has 1 aromatic carbocycles. The van der Waals surface area contributed by atoms with Crippen molar-refractivity contribution in [2.24, 2.45) is 7.05 Å². The van der Waals surface area contributed by atoms with E-state index in [-0.39, 0.29) is 36.2 Å². The first-order valence-electron chi connectivity index (χ1n) is 11.4. The van der Waals surface area contributed by atoms with Gasteiger partial charge in [0.15, 0.2) is 17.5 Å². The number of nitrogens with zero attached hydrogens (tertiary/aromatic N) is 3. The predicted molar refractivity (Wildman–Crippen MR) is 124 cm³/mol. The Kier molecular flexibility index (Phi) is 7.75. The predicted octanol–water partition coefficient (Wildman–Crippen LogP) is 2.23. The summed E-state index contributed by atoms with van der Waals surface area (Å²) in [6.07, 6.45) is -2.14. The number of ether oxygens (including phenoxy) is 3. The molecule has 1 N–H and O–H groups in total. The third-order valence-electron chi connectivity index (χ3n) is 5.71. The molecule has 15 heteroatoms. The van der Waals surface area contributed by atoms with E-state index >= 15 is 0 Å². The maximum absolute atomic E-state index is 13.0. The Morgan fingerprint density at radius 2 is 2.03 bits per heavy atom. The number of nitrogens with one attached hydrogen (secondary N) is 1. The van der Waals surface area contributed by atoms with Crippen molar-refractivity contribution in [3.8, 4) is 5.75 Å². The van der Waals surface area contributed by atoms with Gasteiger partial charge in [0.05, 0.1) is 12.4 Å². The number of fused-ring (bicyclic) bond motifs is 1. The molecule has 1 saturated heterocycles. The maximum atomic E-state index is 13.0. The van der Waals surface area contributed by atoms with Gasteiger partial charge in [0, 0.05) is 20.2 Å². The molecule has 0 aliphatic carbocycles. The van der Waals surface area contributed by atoms with Gasteiger partial charge in [0.2, 0.25) is 15.0 Å². The summed E-state index contributed by atoms with van der Waals surface area (Å²) in [4.78, 5) is 32.1. The van der Waals surface area contributed by atoms with Crippen LogP contribution in [0.1, 0.15) is 31.2 Å². The second-order valence-corrected chi connectivity index (χ2v) is 10.4. The fraction of sp³-hybridized carbons (Fsp3) is 0.500. The number of aryl methyl sites for hydroxylation is 1. The van der Waals surface area contributed by atoms with Gasteiger partial charge in [-0.15, -0.1) is 13.2 Å². The minimum Gasteiger partial charge on any atom is -0.406 e. The lowest BCUT2D eigenvalue weighted by atomic mass is 10.2. The number of H-pyrrole nitrogens is 1. The first kappa shape index (κ1) is 26.9. The Bertz CT molecular complexity index is 1490. The molecule has 0 spiro atoms. The van der Waals surface area contributed by atoms with Crippen molar-refractivity contribution in [1.82, 2.24) is 19.1 Å². The summed E-state index contributed by atoms with van der Waals surface area (Å²) < 4.78 is 80.3. The lowest BCUT2D eigenvalue weighted by Gasteiger charge is -2.22. The van der Waals surface area contributed by atoms with E-state index in [0.717, 1.165) is 40.5 Å². The van der Waals surface area contributed by atoms with E-state index in [1.807, 2.05) is 0 Å². The van der Waals surface area contributed by atoms with Gasteiger partial charge in [0.25, 0.3) is 5.56 Å². The minimum atomic E-state index is -4.93. The van der Waals surface area contributed by atoms with Crippen LogP contribution < -0.4 is 16.0 Å². The van der Waals surface area contributed by atoms with Crippen LogP contribution in [0.5, 0.6) is 5.75 Å². The molecule has 0 bridgehead atoms. The fourth-order valence-electron chi connectivity index (χ4n) is 3.97. The van der Waals surface area contributed by atoms with Gasteiger partial charge in [-0.3, -0.25) is 13.9 Å². The first-order valence-corrected chi connectivity index (χ1v) is 13.1. The highest BCUT2D eigenvalue weighted by Crippen LogP contribution is 2.25. The van der Waals surface area contributed by atoms with Gasteiger partial charge >= 0.3 is 12.1 Å². The number of imidazole rings is 1. The van der Waals surface area contributed by atoms with Crippen LogP contribution in [0.4, 0.5) is 13.2 Å². The van der Waals surface area contributed by atoms with Crippen LogP contribution in [-0.2, 0) is 38.7 Å². The van der Waals surface area contributed by atoms with E-state index in [9.17, 15) is 31.2 Å². The quantitative estimate of drug-likeness (QED) is 0.404. The molecule has 3 heterocycles. The second-order valence-electron chi connectivity index (χ2n) is 8.51. The highest BCUT2D eigenvalue weighted by Gasteiger charge is 2.31. The van der Waals surface area contributed by atoms with Gasteiger partial charge in [-0.2, -0.15) is 4.98 Å². The van der Waals surface area contributed by atoms with Gasteiger partial charge in [0.1, 0.15) is 5.75 Å². The third kappa shape index (κ3) is 6.40. The third-order valence-corrected chi connectivity index (χ3v) is 7.20. The van der Waals surface area contributed by atoms with Gasteiger partial charge in [-0.1, -0.05) is 12.1 Å². The Morgan fingerprint density at radius 3 is 2.73 bits per heavy atom. The molecule has 202 valence electrons. The summed E-state index contributed by atoms with van der Waals surface area (Å²) in [6, 6.07) is 4.51. The van der Waals surface area contributed by atoms with Crippen LogP contribution >= 0.6 is 0 Å². The highest BCUT2D eigenvalue weighted by atomic mass is 32.2. The summed E-state index contributed by atoms with van der Waals surface area (Å²) in [5, 5.41) is -0.590. The SMILES string of the molecule is Cn1c(=O)n(CCCOC2CCCCO2)c(=O)c2[nH]c(S(=O)(=O)Cc3cccc(OC(F)(F)F)c3)nc21. The van der Waals surface area contributed by atoms with Gasteiger partial charge < -0.3 is 19.2 Å². The van der Waals surface area contributed by atoms with Crippen molar-refractivity contribution in [1.29, 1.82) is 0 Å². The number of hydrogen-bond acceptors (Lipinski definition) is 8. The van der Waals surface area contributed by atoms with Crippen LogP contribution in [0.15, 0.2) is 39.0 Å². The fourth-order valence-corrected chi connectivity index (χ4v) is 5.21. The largest absolute Gasteiger partial charge is 0.573 e. The van der Waals surface area contributed by atoms with E-state index in [1.54, 1.807) is 0 Å². The van der Waals surface area contributed by atoms with Crippen LogP contribution in [0.2, 0.25) is 0 Å². The normalized spacial score (nSPS) is 16.8. The number of rotatable bonds is 9. The number of alkyl halides is 3. The Labute approximate surface area is 208 Å². The lowest BCUT2D eigenvalue weighted by Crippen LogP contribution is -2.39. The Balaban J connectivity index is 1.54. The standard InChI is InChI=1S/C22H25F3N4O7S/c1-28-18-17(19(30)29(21(28)31)9-5-11-35-16-8-2-3-10-34-16)26-20(27-18)37(32,33)13-14-6-4-7-15(12-14)36-22(23,24)25/h4,6-7,12,16H,2-3,5,8-11,13H2,1H3,(H,26,27). The van der Waals surface area contributed by atoms with Crippen molar-refractivity contribution in [2.75, 3.05) is 13.2 Å². The molecule has 11 nitrogen and oxygen atoms in total. The average molecular weight is 547 g/mol. The number of aromatic nitrogens is 4. The minimum absolute atomic E-state index is 0.00968. The van der Waals surface area contributed by atoms with Crippen LogP contribution in [0, 0.1) is 0 Å². The first-order chi connectivity index (χ1) is 17.4. The average Bonchev–Trinajstić information content (AvgIpc) is 3.29. The number of sulfone groups is 1. The second kappa shape index (κ2) is 10.7. The molecular formula is C22H25F3N4O7S. The van der Waals surface area contributed by atoms with E-state index in [4.69, 9.17) is 9.47 Å².